The van der Waals surface area contributed by atoms with E-state index in [1.165, 1.54) is 0 Å². The number of halogens is 3. The third-order valence-corrected chi connectivity index (χ3v) is 2.70. The fraction of sp³-hybridized carbons (Fsp3) is 0.778. The molecule has 0 saturated carbocycles. The Morgan fingerprint density at radius 1 is 1.39 bits per heavy atom. The fourth-order valence-corrected chi connectivity index (χ4v) is 1.72. The lowest BCUT2D eigenvalue weighted by molar-refractivity contribution is -0.196. The first-order valence-corrected chi connectivity index (χ1v) is 5.11. The van der Waals surface area contributed by atoms with E-state index in [4.69, 9.17) is 5.11 Å². The van der Waals surface area contributed by atoms with Gasteiger partial charge in [-0.2, -0.15) is 13.2 Å². The van der Waals surface area contributed by atoms with Crippen LogP contribution in [0.1, 0.15) is 0 Å². The molecule has 1 rings (SSSR count). The Kier molecular flexibility index (Phi) is 4.38. The molecule has 0 aliphatic carbocycles. The van der Waals surface area contributed by atoms with Gasteiger partial charge in [-0.25, -0.2) is 4.79 Å². The molecule has 0 aromatic heterocycles. The number of amides is 1. The van der Waals surface area contributed by atoms with Crippen LogP contribution in [0.4, 0.5) is 18.0 Å². The van der Waals surface area contributed by atoms with E-state index >= 15 is 0 Å². The standard InChI is InChI=1S/C9H13F3N2O4/c1-18-7(15)5-13-2-3-14(8(16)17)4-6(13)9(10,11)12/h6H,2-5H2,1H3,(H,16,17). The Morgan fingerprint density at radius 2 is 2.00 bits per heavy atom. The van der Waals surface area contributed by atoms with Gasteiger partial charge in [0.25, 0.3) is 0 Å². The van der Waals surface area contributed by atoms with E-state index in [-0.39, 0.29) is 13.1 Å². The number of ether oxygens (including phenoxy) is 1. The number of hydrogen-bond acceptors (Lipinski definition) is 4. The van der Waals surface area contributed by atoms with Crippen LogP contribution in [0.25, 0.3) is 0 Å². The van der Waals surface area contributed by atoms with E-state index < -0.39 is 37.4 Å². The lowest BCUT2D eigenvalue weighted by Gasteiger charge is -2.40. The first-order chi connectivity index (χ1) is 8.25. The molecule has 18 heavy (non-hydrogen) atoms. The second-order valence-electron chi connectivity index (χ2n) is 3.83. The molecule has 1 heterocycles. The number of carboxylic acid groups (broad SMARTS) is 1. The Balaban J connectivity index is 2.78. The molecule has 104 valence electrons. The molecule has 6 nitrogen and oxygen atoms in total. The summed E-state index contributed by atoms with van der Waals surface area (Å²) < 4.78 is 42.6. The summed E-state index contributed by atoms with van der Waals surface area (Å²) in [5.41, 5.74) is 0. The Morgan fingerprint density at radius 3 is 2.44 bits per heavy atom. The number of carbonyl (C=O) groups excluding carboxylic acids is 1. The quantitative estimate of drug-likeness (QED) is 0.735. The minimum Gasteiger partial charge on any atom is -0.468 e. The van der Waals surface area contributed by atoms with Crippen LogP contribution >= 0.6 is 0 Å². The molecule has 1 aliphatic heterocycles. The molecule has 1 amide bonds. The Labute approximate surface area is 101 Å². The van der Waals surface area contributed by atoms with Gasteiger partial charge in [0, 0.05) is 19.6 Å². The van der Waals surface area contributed by atoms with Crippen molar-refractivity contribution in [3.05, 3.63) is 0 Å². The van der Waals surface area contributed by atoms with E-state index in [0.29, 0.717) is 4.90 Å². The zero-order valence-electron chi connectivity index (χ0n) is 9.61. The highest BCUT2D eigenvalue weighted by molar-refractivity contribution is 5.71. The first-order valence-electron chi connectivity index (χ1n) is 5.11. The molecule has 9 heteroatoms. The SMILES string of the molecule is COC(=O)CN1CCN(C(=O)O)CC1C(F)(F)F. The van der Waals surface area contributed by atoms with Crippen molar-refractivity contribution in [3.8, 4) is 0 Å². The van der Waals surface area contributed by atoms with Crippen molar-refractivity contribution in [2.45, 2.75) is 12.2 Å². The van der Waals surface area contributed by atoms with Gasteiger partial charge in [-0.15, -0.1) is 0 Å². The topological polar surface area (TPSA) is 70.1 Å². The average molecular weight is 270 g/mol. The highest BCUT2D eigenvalue weighted by Crippen LogP contribution is 2.27. The molecule has 0 aromatic carbocycles. The minimum absolute atomic E-state index is 0.0705. The van der Waals surface area contributed by atoms with Gasteiger partial charge >= 0.3 is 18.2 Å². The monoisotopic (exact) mass is 270 g/mol. The predicted molar refractivity (Wildman–Crippen MR) is 53.0 cm³/mol. The normalized spacial score (nSPS) is 21.8. The Bertz CT molecular complexity index is 334. The number of rotatable bonds is 2. The molecule has 0 bridgehead atoms. The van der Waals surface area contributed by atoms with Crippen LogP contribution in [0.5, 0.6) is 0 Å². The van der Waals surface area contributed by atoms with Crippen LogP contribution in [-0.2, 0) is 9.53 Å². The van der Waals surface area contributed by atoms with Crippen molar-refractivity contribution in [2.75, 3.05) is 33.3 Å². The van der Waals surface area contributed by atoms with Crippen LogP contribution < -0.4 is 0 Å². The van der Waals surface area contributed by atoms with Crippen LogP contribution in [0.2, 0.25) is 0 Å². The lowest BCUT2D eigenvalue weighted by atomic mass is 10.1. The number of carbonyl (C=O) groups is 2. The molecule has 1 N–H and O–H groups in total. The maximum Gasteiger partial charge on any atom is 0.407 e. The van der Waals surface area contributed by atoms with Crippen molar-refractivity contribution in [2.24, 2.45) is 0 Å². The molecule has 1 atom stereocenters. The molecule has 1 unspecified atom stereocenters. The number of hydrogen-bond donors (Lipinski definition) is 1. The first kappa shape index (κ1) is 14.6. The second-order valence-corrected chi connectivity index (χ2v) is 3.83. The summed E-state index contributed by atoms with van der Waals surface area (Å²) >= 11 is 0. The van der Waals surface area contributed by atoms with Crippen LogP contribution in [0.3, 0.4) is 0 Å². The van der Waals surface area contributed by atoms with Gasteiger partial charge < -0.3 is 14.7 Å². The average Bonchev–Trinajstić information content (AvgIpc) is 2.27. The number of alkyl halides is 3. The molecule has 1 aliphatic rings. The third-order valence-electron chi connectivity index (χ3n) is 2.70. The molecule has 1 fully saturated rings. The summed E-state index contributed by atoms with van der Waals surface area (Å²) in [6.45, 7) is -1.44. The molecular weight excluding hydrogens is 257 g/mol. The summed E-state index contributed by atoms with van der Waals surface area (Å²) in [5, 5.41) is 8.68. The van der Waals surface area contributed by atoms with Gasteiger partial charge in [-0.05, 0) is 0 Å². The van der Waals surface area contributed by atoms with Crippen LogP contribution in [0, 0.1) is 0 Å². The van der Waals surface area contributed by atoms with E-state index in [9.17, 15) is 22.8 Å². The van der Waals surface area contributed by atoms with Crippen molar-refractivity contribution < 1.29 is 32.6 Å². The van der Waals surface area contributed by atoms with Crippen LogP contribution in [-0.4, -0.2) is 72.5 Å². The third kappa shape index (κ3) is 3.49. The Hall–Kier alpha value is -1.51. The van der Waals surface area contributed by atoms with E-state index in [0.717, 1.165) is 12.0 Å². The molecule has 0 spiro atoms. The van der Waals surface area contributed by atoms with Crippen molar-refractivity contribution in [1.82, 2.24) is 9.80 Å². The van der Waals surface area contributed by atoms with Gasteiger partial charge in [-0.3, -0.25) is 9.69 Å². The molecule has 0 aromatic rings. The van der Waals surface area contributed by atoms with Crippen molar-refractivity contribution >= 4 is 12.1 Å². The zero-order chi connectivity index (χ0) is 13.9. The molecule has 1 saturated heterocycles. The van der Waals surface area contributed by atoms with E-state index in [1.807, 2.05) is 0 Å². The summed E-state index contributed by atoms with van der Waals surface area (Å²) in [7, 11) is 1.08. The zero-order valence-corrected chi connectivity index (χ0v) is 9.61. The van der Waals surface area contributed by atoms with Crippen molar-refractivity contribution in [3.63, 3.8) is 0 Å². The number of methoxy groups -OCH3 is 1. The van der Waals surface area contributed by atoms with E-state index in [1.54, 1.807) is 0 Å². The van der Waals surface area contributed by atoms with Gasteiger partial charge in [-0.1, -0.05) is 0 Å². The summed E-state index contributed by atoms with van der Waals surface area (Å²) in [6, 6.07) is -1.98. The second kappa shape index (κ2) is 5.42. The van der Waals surface area contributed by atoms with Gasteiger partial charge in [0.15, 0.2) is 0 Å². The summed E-state index contributed by atoms with van der Waals surface area (Å²) in [6.07, 6.45) is -6.00. The lowest BCUT2D eigenvalue weighted by Crippen LogP contribution is -2.60. The van der Waals surface area contributed by atoms with Crippen molar-refractivity contribution in [1.29, 1.82) is 0 Å². The number of nitrogens with zero attached hydrogens (tertiary/aromatic N) is 2. The van der Waals surface area contributed by atoms with Gasteiger partial charge in [0.05, 0.1) is 13.7 Å². The summed E-state index contributed by atoms with van der Waals surface area (Å²) in [4.78, 5) is 23.2. The fourth-order valence-electron chi connectivity index (χ4n) is 1.72. The van der Waals surface area contributed by atoms with E-state index in [2.05, 4.69) is 4.74 Å². The molecular formula is C9H13F3N2O4. The predicted octanol–water partition coefficient (Wildman–Crippen LogP) is 0.386. The minimum atomic E-state index is -4.60. The smallest absolute Gasteiger partial charge is 0.407 e. The maximum atomic E-state index is 12.8. The molecule has 0 radical (unpaired) electrons. The maximum absolute atomic E-state index is 12.8. The van der Waals surface area contributed by atoms with Crippen LogP contribution in [0.15, 0.2) is 0 Å². The largest absolute Gasteiger partial charge is 0.468 e. The van der Waals surface area contributed by atoms with Gasteiger partial charge in [0.2, 0.25) is 0 Å². The number of esters is 1. The summed E-state index contributed by atoms with van der Waals surface area (Å²) in [5.74, 6) is -0.784. The van der Waals surface area contributed by atoms with Gasteiger partial charge in [0.1, 0.15) is 6.04 Å². The highest BCUT2D eigenvalue weighted by atomic mass is 19.4. The highest BCUT2D eigenvalue weighted by Gasteiger charge is 2.47. The number of piperazine rings is 1.